The minimum absolute atomic E-state index is 0.00764. The number of nitrogens with zero attached hydrogens (tertiary/aromatic N) is 5. The maximum absolute atomic E-state index is 4.83. The predicted molar refractivity (Wildman–Crippen MR) is 150 cm³/mol. The molecule has 0 radical (unpaired) electrons. The summed E-state index contributed by atoms with van der Waals surface area (Å²) in [5.74, 6) is 1.24. The molecule has 0 amide bonds. The van der Waals surface area contributed by atoms with Crippen LogP contribution in [0.25, 0.3) is 0 Å². The molecule has 0 aliphatic heterocycles. The Kier molecular flexibility index (Phi) is 7.30. The van der Waals surface area contributed by atoms with Crippen molar-refractivity contribution in [1.82, 2.24) is 14.8 Å². The first-order chi connectivity index (χ1) is 17.1. The van der Waals surface area contributed by atoms with Crippen molar-refractivity contribution in [2.75, 3.05) is 0 Å². The Hall–Kier alpha value is -3.86. The number of aromatic nitrogens is 3. The van der Waals surface area contributed by atoms with Crippen molar-refractivity contribution < 1.29 is 0 Å². The van der Waals surface area contributed by atoms with Crippen LogP contribution in [0.4, 0.5) is 11.4 Å². The van der Waals surface area contributed by atoms with Crippen LogP contribution in [0.3, 0.4) is 0 Å². The second-order valence-corrected chi connectivity index (χ2v) is 11.0. The third kappa shape index (κ3) is 6.22. The SMILES string of the molecule is CC(C)(C)c1ccccc1N=Cc1nc(C=Nc2ccccc2C(C)(C)C)n(Cc2ccccc2)n1. The van der Waals surface area contributed by atoms with Gasteiger partial charge in [-0.1, -0.05) is 108 Å². The zero-order valence-corrected chi connectivity index (χ0v) is 22.1. The average molecular weight is 478 g/mol. The maximum Gasteiger partial charge on any atom is 0.192 e. The van der Waals surface area contributed by atoms with Crippen molar-refractivity contribution in [1.29, 1.82) is 0 Å². The molecule has 36 heavy (non-hydrogen) atoms. The van der Waals surface area contributed by atoms with Crippen LogP contribution in [0.15, 0.2) is 88.8 Å². The van der Waals surface area contributed by atoms with Crippen LogP contribution in [0, 0.1) is 0 Å². The lowest BCUT2D eigenvalue weighted by Gasteiger charge is -2.20. The van der Waals surface area contributed by atoms with E-state index < -0.39 is 0 Å². The summed E-state index contributed by atoms with van der Waals surface area (Å²) in [5.41, 5.74) is 5.37. The molecule has 0 unspecified atom stereocenters. The Morgan fingerprint density at radius 2 is 1.17 bits per heavy atom. The molecule has 3 aromatic carbocycles. The van der Waals surface area contributed by atoms with Gasteiger partial charge in [-0.2, -0.15) is 0 Å². The molecule has 1 heterocycles. The lowest BCUT2D eigenvalue weighted by atomic mass is 9.86. The monoisotopic (exact) mass is 477 g/mol. The average Bonchev–Trinajstić information content (AvgIpc) is 3.22. The Morgan fingerprint density at radius 1 is 0.667 bits per heavy atom. The molecule has 0 aliphatic carbocycles. The van der Waals surface area contributed by atoms with E-state index >= 15 is 0 Å². The number of hydrogen-bond acceptors (Lipinski definition) is 4. The molecule has 0 aliphatic rings. The molecule has 0 saturated carbocycles. The smallest absolute Gasteiger partial charge is 0.192 e. The van der Waals surface area contributed by atoms with Crippen LogP contribution in [-0.4, -0.2) is 27.2 Å². The van der Waals surface area contributed by atoms with Gasteiger partial charge in [0.1, 0.15) is 0 Å². The Labute approximate surface area is 214 Å². The molecule has 0 bridgehead atoms. The summed E-state index contributed by atoms with van der Waals surface area (Å²) in [5, 5.41) is 4.76. The lowest BCUT2D eigenvalue weighted by Crippen LogP contribution is -2.11. The van der Waals surface area contributed by atoms with E-state index in [1.807, 2.05) is 47.1 Å². The number of para-hydroxylation sites is 2. The molecule has 4 rings (SSSR count). The van der Waals surface area contributed by atoms with Crippen LogP contribution in [0.5, 0.6) is 0 Å². The Balaban J connectivity index is 1.70. The van der Waals surface area contributed by atoms with Crippen molar-refractivity contribution in [2.24, 2.45) is 9.98 Å². The molecule has 0 atom stereocenters. The van der Waals surface area contributed by atoms with Gasteiger partial charge < -0.3 is 0 Å². The van der Waals surface area contributed by atoms with Crippen LogP contribution >= 0.6 is 0 Å². The van der Waals surface area contributed by atoms with Gasteiger partial charge in [0, 0.05) is 0 Å². The van der Waals surface area contributed by atoms with E-state index in [0.29, 0.717) is 18.2 Å². The second-order valence-electron chi connectivity index (χ2n) is 11.0. The molecule has 4 aromatic rings. The zero-order valence-electron chi connectivity index (χ0n) is 22.1. The third-order valence-electron chi connectivity index (χ3n) is 5.95. The van der Waals surface area contributed by atoms with E-state index in [2.05, 4.69) is 77.9 Å². The predicted octanol–water partition coefficient (Wildman–Crippen LogP) is 7.42. The van der Waals surface area contributed by atoms with Gasteiger partial charge in [-0.15, -0.1) is 5.10 Å². The van der Waals surface area contributed by atoms with Crippen molar-refractivity contribution in [2.45, 2.75) is 58.9 Å². The second kappa shape index (κ2) is 10.4. The fourth-order valence-corrected chi connectivity index (χ4v) is 4.09. The first kappa shape index (κ1) is 25.2. The molecule has 184 valence electrons. The van der Waals surface area contributed by atoms with E-state index in [9.17, 15) is 0 Å². The molecule has 0 N–H and O–H groups in total. The first-order valence-corrected chi connectivity index (χ1v) is 12.4. The highest BCUT2D eigenvalue weighted by Gasteiger charge is 2.18. The lowest BCUT2D eigenvalue weighted by molar-refractivity contribution is 0.591. The van der Waals surface area contributed by atoms with Crippen LogP contribution in [0.2, 0.25) is 0 Å². The Morgan fingerprint density at radius 3 is 1.72 bits per heavy atom. The largest absolute Gasteiger partial charge is 0.253 e. The van der Waals surface area contributed by atoms with Crippen LogP contribution < -0.4 is 0 Å². The van der Waals surface area contributed by atoms with E-state index in [1.54, 1.807) is 12.4 Å². The molecular weight excluding hydrogens is 442 g/mol. The summed E-state index contributed by atoms with van der Waals surface area (Å²) in [7, 11) is 0. The molecule has 5 heteroatoms. The number of aliphatic imine (C=N–C) groups is 2. The minimum atomic E-state index is -0.0100. The molecular formula is C31H35N5. The zero-order chi connectivity index (χ0) is 25.8. The van der Waals surface area contributed by atoms with Gasteiger partial charge in [0.25, 0.3) is 0 Å². The van der Waals surface area contributed by atoms with E-state index in [4.69, 9.17) is 20.1 Å². The molecule has 0 spiro atoms. The van der Waals surface area contributed by atoms with E-state index in [1.165, 1.54) is 11.1 Å². The quantitative estimate of drug-likeness (QED) is 0.271. The molecule has 5 nitrogen and oxygen atoms in total. The highest BCUT2D eigenvalue weighted by molar-refractivity contribution is 5.82. The molecule has 0 saturated heterocycles. The van der Waals surface area contributed by atoms with Crippen molar-refractivity contribution in [3.05, 3.63) is 107 Å². The summed E-state index contributed by atoms with van der Waals surface area (Å²) in [6, 6.07) is 26.7. The number of rotatable bonds is 6. The maximum atomic E-state index is 4.83. The van der Waals surface area contributed by atoms with Gasteiger partial charge in [0.15, 0.2) is 11.6 Å². The van der Waals surface area contributed by atoms with Gasteiger partial charge in [-0.25, -0.2) is 9.67 Å². The summed E-state index contributed by atoms with van der Waals surface area (Å²) in [6.45, 7) is 13.8. The van der Waals surface area contributed by atoms with Gasteiger partial charge in [-0.3, -0.25) is 9.98 Å². The molecule has 1 aromatic heterocycles. The fourth-order valence-electron chi connectivity index (χ4n) is 4.09. The van der Waals surface area contributed by atoms with E-state index in [0.717, 1.165) is 16.9 Å². The van der Waals surface area contributed by atoms with Gasteiger partial charge in [-0.05, 0) is 39.7 Å². The van der Waals surface area contributed by atoms with Crippen molar-refractivity contribution in [3.63, 3.8) is 0 Å². The highest BCUT2D eigenvalue weighted by atomic mass is 15.3. The van der Waals surface area contributed by atoms with Gasteiger partial charge in [0.2, 0.25) is 0 Å². The standard InChI is InChI=1S/C31H35N5/c1-30(2,3)24-16-10-12-18-26(24)32-20-28-34-29(36(35-28)22-23-14-8-7-9-15-23)21-33-27-19-13-11-17-25(27)31(4,5)6/h7-21H,22H2,1-6H3. The Bertz CT molecular complexity index is 1370. The normalized spacial score (nSPS) is 12.6. The van der Waals surface area contributed by atoms with Gasteiger partial charge in [0.05, 0.1) is 30.3 Å². The summed E-state index contributed by atoms with van der Waals surface area (Å²) in [4.78, 5) is 14.4. The van der Waals surface area contributed by atoms with Gasteiger partial charge >= 0.3 is 0 Å². The third-order valence-corrected chi connectivity index (χ3v) is 5.95. The molecule has 0 fully saturated rings. The van der Waals surface area contributed by atoms with E-state index in [-0.39, 0.29) is 10.8 Å². The minimum Gasteiger partial charge on any atom is -0.253 e. The summed E-state index contributed by atoms with van der Waals surface area (Å²) < 4.78 is 1.88. The fraction of sp³-hybridized carbons (Fsp3) is 0.290. The van der Waals surface area contributed by atoms with Crippen LogP contribution in [-0.2, 0) is 17.4 Å². The summed E-state index contributed by atoms with van der Waals surface area (Å²) >= 11 is 0. The summed E-state index contributed by atoms with van der Waals surface area (Å²) in [6.07, 6.45) is 3.55. The first-order valence-electron chi connectivity index (χ1n) is 12.4. The van der Waals surface area contributed by atoms with Crippen LogP contribution in [0.1, 0.15) is 69.9 Å². The number of benzene rings is 3. The highest BCUT2D eigenvalue weighted by Crippen LogP contribution is 2.32. The van der Waals surface area contributed by atoms with Crippen molar-refractivity contribution >= 4 is 23.8 Å². The van der Waals surface area contributed by atoms with Crippen molar-refractivity contribution in [3.8, 4) is 0 Å². The topological polar surface area (TPSA) is 55.4 Å². The number of hydrogen-bond donors (Lipinski definition) is 0.